The molecule has 4 nitrogen and oxygen atoms in total. The molecule has 0 aliphatic rings. The Kier molecular flexibility index (Phi) is 4.78. The molecule has 1 atom stereocenters. The Hall–Kier alpha value is -1.26. The number of benzene rings is 1. The molecule has 0 spiro atoms. The van der Waals surface area contributed by atoms with Crippen molar-refractivity contribution in [3.63, 3.8) is 0 Å². The summed E-state index contributed by atoms with van der Waals surface area (Å²) in [5.74, 6) is -0.553. The molecule has 1 aromatic rings. The Bertz CT molecular complexity index is 447. The normalized spacial score (nSPS) is 11.8. The van der Waals surface area contributed by atoms with E-state index in [0.29, 0.717) is 10.7 Å². The van der Waals surface area contributed by atoms with Crippen LogP contribution < -0.4 is 10.6 Å². The van der Waals surface area contributed by atoms with Gasteiger partial charge < -0.3 is 5.32 Å². The highest BCUT2D eigenvalue weighted by Gasteiger charge is 2.12. The molecular formula is C11H12Cl2N2O2. The van der Waals surface area contributed by atoms with E-state index >= 15 is 0 Å². The van der Waals surface area contributed by atoms with Crippen molar-refractivity contribution in [2.45, 2.75) is 19.2 Å². The molecule has 17 heavy (non-hydrogen) atoms. The van der Waals surface area contributed by atoms with E-state index in [1.165, 1.54) is 6.92 Å². The SMILES string of the molecule is Cc1ccc(NC(=O)NC(=O)C(C)Cl)cc1Cl. The van der Waals surface area contributed by atoms with Gasteiger partial charge in [0.25, 0.3) is 0 Å². The highest BCUT2D eigenvalue weighted by atomic mass is 35.5. The van der Waals surface area contributed by atoms with Crippen molar-refractivity contribution < 1.29 is 9.59 Å². The van der Waals surface area contributed by atoms with Crippen molar-refractivity contribution in [2.24, 2.45) is 0 Å². The summed E-state index contributed by atoms with van der Waals surface area (Å²) >= 11 is 11.4. The zero-order valence-corrected chi connectivity index (χ0v) is 10.9. The van der Waals surface area contributed by atoms with Gasteiger partial charge in [0.1, 0.15) is 5.38 Å². The van der Waals surface area contributed by atoms with E-state index in [1.54, 1.807) is 18.2 Å². The van der Waals surface area contributed by atoms with Crippen LogP contribution in [0.15, 0.2) is 18.2 Å². The van der Waals surface area contributed by atoms with Gasteiger partial charge in [-0.15, -0.1) is 11.6 Å². The van der Waals surface area contributed by atoms with Gasteiger partial charge in [-0.25, -0.2) is 4.79 Å². The highest BCUT2D eigenvalue weighted by Crippen LogP contribution is 2.19. The Morgan fingerprint density at radius 1 is 1.35 bits per heavy atom. The van der Waals surface area contributed by atoms with E-state index in [9.17, 15) is 9.59 Å². The van der Waals surface area contributed by atoms with Crippen LogP contribution in [0.1, 0.15) is 12.5 Å². The second-order valence-corrected chi connectivity index (χ2v) is 4.59. The number of carbonyl (C=O) groups excluding carboxylic acids is 2. The smallest absolute Gasteiger partial charge is 0.308 e. The van der Waals surface area contributed by atoms with Crippen molar-refractivity contribution in [1.82, 2.24) is 5.32 Å². The van der Waals surface area contributed by atoms with Crippen LogP contribution in [-0.4, -0.2) is 17.3 Å². The molecule has 3 amide bonds. The van der Waals surface area contributed by atoms with Crippen molar-refractivity contribution >= 4 is 40.8 Å². The molecule has 6 heteroatoms. The molecule has 0 saturated heterocycles. The fourth-order valence-corrected chi connectivity index (χ4v) is 1.28. The van der Waals surface area contributed by atoms with Gasteiger partial charge in [-0.2, -0.15) is 0 Å². The Balaban J connectivity index is 2.62. The van der Waals surface area contributed by atoms with Crippen LogP contribution in [0.2, 0.25) is 5.02 Å². The molecule has 0 aliphatic heterocycles. The number of alkyl halides is 1. The first-order chi connectivity index (χ1) is 7.90. The Morgan fingerprint density at radius 3 is 2.53 bits per heavy atom. The number of halogens is 2. The number of urea groups is 1. The van der Waals surface area contributed by atoms with Crippen molar-refractivity contribution in [3.05, 3.63) is 28.8 Å². The van der Waals surface area contributed by atoms with E-state index in [4.69, 9.17) is 23.2 Å². The third-order valence-electron chi connectivity index (χ3n) is 2.03. The van der Waals surface area contributed by atoms with Crippen LogP contribution in [0.3, 0.4) is 0 Å². The molecule has 0 heterocycles. The van der Waals surface area contributed by atoms with Gasteiger partial charge in [-0.1, -0.05) is 17.7 Å². The minimum absolute atomic E-state index is 0.508. The van der Waals surface area contributed by atoms with Crippen LogP contribution in [0.4, 0.5) is 10.5 Å². The summed E-state index contributed by atoms with van der Waals surface area (Å²) in [5.41, 5.74) is 1.41. The fraction of sp³-hybridized carbons (Fsp3) is 0.273. The summed E-state index contributed by atoms with van der Waals surface area (Å²) in [7, 11) is 0. The minimum Gasteiger partial charge on any atom is -0.308 e. The summed E-state index contributed by atoms with van der Waals surface area (Å²) in [4.78, 5) is 22.5. The minimum atomic E-state index is -0.762. The summed E-state index contributed by atoms with van der Waals surface area (Å²) in [5, 5.41) is 4.36. The highest BCUT2D eigenvalue weighted by molar-refractivity contribution is 6.32. The Labute approximate surface area is 109 Å². The van der Waals surface area contributed by atoms with E-state index in [1.807, 2.05) is 6.92 Å². The van der Waals surface area contributed by atoms with E-state index in [-0.39, 0.29) is 0 Å². The predicted molar refractivity (Wildman–Crippen MR) is 68.7 cm³/mol. The zero-order chi connectivity index (χ0) is 13.0. The summed E-state index contributed by atoms with van der Waals surface area (Å²) in [6, 6.07) is 4.42. The quantitative estimate of drug-likeness (QED) is 0.815. The molecule has 1 unspecified atom stereocenters. The lowest BCUT2D eigenvalue weighted by molar-refractivity contribution is -0.119. The molecule has 1 aromatic carbocycles. The van der Waals surface area contributed by atoms with E-state index < -0.39 is 17.3 Å². The number of amides is 3. The number of rotatable bonds is 2. The lowest BCUT2D eigenvalue weighted by Gasteiger charge is -2.08. The van der Waals surface area contributed by atoms with Gasteiger partial charge in [0, 0.05) is 10.7 Å². The van der Waals surface area contributed by atoms with Crippen LogP contribution >= 0.6 is 23.2 Å². The van der Waals surface area contributed by atoms with Gasteiger partial charge in [-0.05, 0) is 31.5 Å². The third-order valence-corrected chi connectivity index (χ3v) is 2.63. The molecule has 0 bridgehead atoms. The number of hydrogen-bond donors (Lipinski definition) is 2. The molecule has 0 aromatic heterocycles. The van der Waals surface area contributed by atoms with E-state index in [0.717, 1.165) is 5.56 Å². The van der Waals surface area contributed by atoms with Crippen molar-refractivity contribution in [3.8, 4) is 0 Å². The average Bonchev–Trinajstić information content (AvgIpc) is 2.23. The standard InChI is InChI=1S/C11H12Cl2N2O2/c1-6-3-4-8(5-9(6)13)14-11(17)15-10(16)7(2)12/h3-5,7H,1-2H3,(H2,14,15,16,17). The molecule has 0 saturated carbocycles. The lowest BCUT2D eigenvalue weighted by atomic mass is 10.2. The average molecular weight is 275 g/mol. The van der Waals surface area contributed by atoms with Gasteiger partial charge >= 0.3 is 6.03 Å². The fourth-order valence-electron chi connectivity index (χ4n) is 1.04. The molecule has 2 N–H and O–H groups in total. The number of imide groups is 1. The van der Waals surface area contributed by atoms with Crippen LogP contribution in [0.5, 0.6) is 0 Å². The van der Waals surface area contributed by atoms with Crippen LogP contribution in [0.25, 0.3) is 0 Å². The summed E-state index contributed by atoms with van der Waals surface area (Å²) in [6.45, 7) is 3.33. The topological polar surface area (TPSA) is 58.2 Å². The molecule has 1 rings (SSSR count). The molecule has 0 fully saturated rings. The van der Waals surface area contributed by atoms with Gasteiger partial charge in [0.05, 0.1) is 0 Å². The van der Waals surface area contributed by atoms with Gasteiger partial charge in [0.2, 0.25) is 5.91 Å². The summed E-state index contributed by atoms with van der Waals surface area (Å²) < 4.78 is 0. The predicted octanol–water partition coefficient (Wildman–Crippen LogP) is 2.92. The second-order valence-electron chi connectivity index (χ2n) is 3.52. The van der Waals surface area contributed by atoms with Crippen molar-refractivity contribution in [1.29, 1.82) is 0 Å². The van der Waals surface area contributed by atoms with Gasteiger partial charge in [-0.3, -0.25) is 10.1 Å². The molecule has 0 aliphatic carbocycles. The monoisotopic (exact) mass is 274 g/mol. The third kappa shape index (κ3) is 4.24. The first kappa shape index (κ1) is 13.8. The molecular weight excluding hydrogens is 263 g/mol. The number of carbonyl (C=O) groups is 2. The first-order valence-electron chi connectivity index (χ1n) is 4.92. The summed E-state index contributed by atoms with van der Waals surface area (Å²) in [6.07, 6.45) is 0. The van der Waals surface area contributed by atoms with Gasteiger partial charge in [0.15, 0.2) is 0 Å². The van der Waals surface area contributed by atoms with Crippen LogP contribution in [0, 0.1) is 6.92 Å². The number of nitrogens with one attached hydrogen (secondary N) is 2. The largest absolute Gasteiger partial charge is 0.325 e. The maximum absolute atomic E-state index is 11.4. The lowest BCUT2D eigenvalue weighted by Crippen LogP contribution is -2.38. The van der Waals surface area contributed by atoms with Crippen molar-refractivity contribution in [2.75, 3.05) is 5.32 Å². The number of anilines is 1. The Morgan fingerprint density at radius 2 is 2.00 bits per heavy atom. The molecule has 92 valence electrons. The second kappa shape index (κ2) is 5.89. The first-order valence-corrected chi connectivity index (χ1v) is 5.73. The van der Waals surface area contributed by atoms with Crippen LogP contribution in [-0.2, 0) is 4.79 Å². The maximum atomic E-state index is 11.4. The van der Waals surface area contributed by atoms with E-state index in [2.05, 4.69) is 10.6 Å². The number of aryl methyl sites for hydroxylation is 1. The zero-order valence-electron chi connectivity index (χ0n) is 9.38. The number of hydrogen-bond acceptors (Lipinski definition) is 2. The molecule has 0 radical (unpaired) electrons. The maximum Gasteiger partial charge on any atom is 0.325 e.